The highest BCUT2D eigenvalue weighted by atomic mass is 32.1. The molecule has 0 spiro atoms. The first-order valence-corrected chi connectivity index (χ1v) is 15.8. The molecule has 1 heterocycles. The number of carbonyl (C=O) groups excluding carboxylic acids is 3. The van der Waals surface area contributed by atoms with Crippen LogP contribution in [0.3, 0.4) is 0 Å². The molecule has 1 amide bonds. The molecule has 7 heteroatoms. The normalized spacial score (nSPS) is 22.3. The highest BCUT2D eigenvalue weighted by Gasteiger charge is 2.29. The van der Waals surface area contributed by atoms with Gasteiger partial charge in [-0.2, -0.15) is 12.6 Å². The number of ketones is 1. The van der Waals surface area contributed by atoms with E-state index in [-0.39, 0.29) is 46.3 Å². The third-order valence-electron chi connectivity index (χ3n) is 7.51. The molecular formula is C36H55NO5S. The van der Waals surface area contributed by atoms with Crippen LogP contribution in [-0.4, -0.2) is 46.3 Å². The van der Waals surface area contributed by atoms with E-state index in [0.29, 0.717) is 18.9 Å². The van der Waals surface area contributed by atoms with Gasteiger partial charge in [-0.1, -0.05) is 87.8 Å². The molecule has 1 rings (SSSR count). The van der Waals surface area contributed by atoms with Crippen LogP contribution in [0.15, 0.2) is 71.4 Å². The van der Waals surface area contributed by atoms with Gasteiger partial charge in [0.15, 0.2) is 0 Å². The van der Waals surface area contributed by atoms with Crippen molar-refractivity contribution in [1.29, 1.82) is 0 Å². The molecule has 0 saturated heterocycles. The number of allylic oxidation sites excluding steroid dienone is 8. The maximum Gasteiger partial charge on any atom is 0.331 e. The number of cyclic esters (lactones) is 1. The van der Waals surface area contributed by atoms with Gasteiger partial charge in [0.2, 0.25) is 5.91 Å². The van der Waals surface area contributed by atoms with Crippen LogP contribution in [0, 0.1) is 29.6 Å². The maximum absolute atomic E-state index is 13.1. The van der Waals surface area contributed by atoms with Gasteiger partial charge in [0.05, 0.1) is 6.10 Å². The van der Waals surface area contributed by atoms with Gasteiger partial charge in [-0.05, 0) is 65.4 Å². The van der Waals surface area contributed by atoms with Crippen molar-refractivity contribution in [2.75, 3.05) is 6.54 Å². The molecule has 43 heavy (non-hydrogen) atoms. The first-order valence-electron chi connectivity index (χ1n) is 15.4. The first kappa shape index (κ1) is 38.4. The van der Waals surface area contributed by atoms with Crippen LogP contribution in [0.1, 0.15) is 82.1 Å². The van der Waals surface area contributed by atoms with Crippen LogP contribution in [0.25, 0.3) is 0 Å². The fraction of sp³-hybridized carbons (Fsp3) is 0.583. The van der Waals surface area contributed by atoms with E-state index in [0.717, 1.165) is 23.1 Å². The van der Waals surface area contributed by atoms with Crippen molar-refractivity contribution in [2.45, 2.75) is 99.0 Å². The van der Waals surface area contributed by atoms with Crippen molar-refractivity contribution in [3.8, 4) is 0 Å². The Morgan fingerprint density at radius 1 is 1.09 bits per heavy atom. The Morgan fingerprint density at radius 2 is 1.72 bits per heavy atom. The number of rotatable bonds is 16. The van der Waals surface area contributed by atoms with Crippen molar-refractivity contribution in [3.63, 3.8) is 0 Å². The lowest BCUT2D eigenvalue weighted by molar-refractivity contribution is -0.143. The Balaban J connectivity index is 2.63. The molecule has 0 aromatic heterocycles. The topological polar surface area (TPSA) is 92.7 Å². The van der Waals surface area contributed by atoms with Crippen LogP contribution in [-0.2, 0) is 19.1 Å². The van der Waals surface area contributed by atoms with E-state index < -0.39 is 12.0 Å². The number of hydrogen-bond acceptors (Lipinski definition) is 6. The zero-order valence-corrected chi connectivity index (χ0v) is 28.8. The summed E-state index contributed by atoms with van der Waals surface area (Å²) in [5.74, 6) is -1.05. The molecule has 7 atom stereocenters. The second kappa shape index (κ2) is 18.2. The average molecular weight is 614 g/mol. The van der Waals surface area contributed by atoms with Crippen LogP contribution < -0.4 is 5.32 Å². The Kier molecular flexibility index (Phi) is 16.3. The number of thiol groups is 1. The van der Waals surface area contributed by atoms with Gasteiger partial charge in [0, 0.05) is 41.2 Å². The van der Waals surface area contributed by atoms with Crippen molar-refractivity contribution < 1.29 is 24.2 Å². The molecule has 0 radical (unpaired) electrons. The fourth-order valence-electron chi connectivity index (χ4n) is 5.00. The van der Waals surface area contributed by atoms with Crippen molar-refractivity contribution >= 4 is 30.3 Å². The van der Waals surface area contributed by atoms with Gasteiger partial charge in [0.1, 0.15) is 11.9 Å². The minimum Gasteiger partial charge on any atom is -0.454 e. The number of carbonyl (C=O) groups is 3. The smallest absolute Gasteiger partial charge is 0.331 e. The zero-order chi connectivity index (χ0) is 32.9. The average Bonchev–Trinajstić information content (AvgIpc) is 2.90. The standard InChI is InChI=1S/C36H55NO5S/c1-23(18-25(3)14-16-31-27(5)15-17-33(39)42-31)12-11-13-24(2)19-28(6)34(40)30(8)35(41)29(7)20-26(4)21-32(38)37-22-36(9,10)43/h11,13-19,21,23,27-31,35,41,43H,12,20,22H2,1-10H3,(H,37,38)/t23-,27+,28-,29+,30-,31+,35-/m1/s1. The van der Waals surface area contributed by atoms with Crippen molar-refractivity contribution in [2.24, 2.45) is 29.6 Å². The highest BCUT2D eigenvalue weighted by Crippen LogP contribution is 2.24. The van der Waals surface area contributed by atoms with Crippen LogP contribution in [0.5, 0.6) is 0 Å². The van der Waals surface area contributed by atoms with Crippen molar-refractivity contribution in [1.82, 2.24) is 5.32 Å². The summed E-state index contributed by atoms with van der Waals surface area (Å²) < 4.78 is 5.07. The number of amides is 1. The summed E-state index contributed by atoms with van der Waals surface area (Å²) in [7, 11) is 0. The molecule has 0 aromatic rings. The monoisotopic (exact) mass is 613 g/mol. The van der Waals surface area contributed by atoms with Gasteiger partial charge in [-0.25, -0.2) is 4.79 Å². The van der Waals surface area contributed by atoms with Gasteiger partial charge in [-0.3, -0.25) is 9.59 Å². The quantitative estimate of drug-likeness (QED) is 0.0745. The van der Waals surface area contributed by atoms with Gasteiger partial charge in [0.25, 0.3) is 0 Å². The SMILES string of the molecule is CC(C=CC[C@@H](C)C=C(C)C=C[C@@H]1OC(=O)C=C[C@@H]1C)=C[C@@H](C)C(=O)[C@@H](C)[C@H](O)[C@@H](C)CC(C)=CC(=O)NCC(C)(C)S. The maximum atomic E-state index is 13.1. The number of nitrogens with one attached hydrogen (secondary N) is 1. The summed E-state index contributed by atoms with van der Waals surface area (Å²) in [5.41, 5.74) is 2.96. The Hall–Kier alpha value is -2.64. The Morgan fingerprint density at radius 3 is 2.35 bits per heavy atom. The van der Waals surface area contributed by atoms with E-state index in [9.17, 15) is 19.5 Å². The van der Waals surface area contributed by atoms with E-state index in [1.807, 2.05) is 85.8 Å². The summed E-state index contributed by atoms with van der Waals surface area (Å²) in [4.78, 5) is 36.8. The van der Waals surface area contributed by atoms with E-state index in [1.54, 1.807) is 13.0 Å². The van der Waals surface area contributed by atoms with E-state index in [4.69, 9.17) is 4.74 Å². The first-order chi connectivity index (χ1) is 19.9. The molecule has 1 aliphatic heterocycles. The second-order valence-electron chi connectivity index (χ2n) is 13.1. The molecule has 2 N–H and O–H groups in total. The van der Waals surface area contributed by atoms with Crippen molar-refractivity contribution in [3.05, 3.63) is 71.4 Å². The molecular weight excluding hydrogens is 558 g/mol. The predicted molar refractivity (Wildman–Crippen MR) is 181 cm³/mol. The second-order valence-corrected chi connectivity index (χ2v) is 14.3. The van der Waals surface area contributed by atoms with E-state index in [1.165, 1.54) is 6.08 Å². The summed E-state index contributed by atoms with van der Waals surface area (Å²) in [6.45, 7) is 19.9. The fourth-order valence-corrected chi connectivity index (χ4v) is 5.08. The molecule has 6 nitrogen and oxygen atoms in total. The number of Topliss-reactive ketones (excluding diaryl/α,β-unsaturated/α-hetero) is 1. The molecule has 0 bridgehead atoms. The van der Waals surface area contributed by atoms with Crippen LogP contribution in [0.4, 0.5) is 0 Å². The van der Waals surface area contributed by atoms with Gasteiger partial charge >= 0.3 is 5.97 Å². The summed E-state index contributed by atoms with van der Waals surface area (Å²) >= 11 is 4.42. The van der Waals surface area contributed by atoms with Crippen LogP contribution >= 0.6 is 12.6 Å². The Labute approximate surface area is 265 Å². The lowest BCUT2D eigenvalue weighted by Crippen LogP contribution is -2.34. The van der Waals surface area contributed by atoms with E-state index >= 15 is 0 Å². The molecule has 240 valence electrons. The zero-order valence-electron chi connectivity index (χ0n) is 27.9. The number of aliphatic hydroxyl groups excluding tert-OH is 1. The minimum absolute atomic E-state index is 0.00495. The third kappa shape index (κ3) is 15.6. The highest BCUT2D eigenvalue weighted by molar-refractivity contribution is 7.81. The number of aliphatic hydroxyl groups is 1. The largest absolute Gasteiger partial charge is 0.454 e. The molecule has 0 aromatic carbocycles. The minimum atomic E-state index is -0.809. The molecule has 0 aliphatic carbocycles. The lowest BCUT2D eigenvalue weighted by atomic mass is 9.83. The summed E-state index contributed by atoms with van der Waals surface area (Å²) in [6, 6.07) is 0. The van der Waals surface area contributed by atoms with Crippen LogP contribution in [0.2, 0.25) is 0 Å². The van der Waals surface area contributed by atoms with E-state index in [2.05, 4.69) is 37.0 Å². The predicted octanol–water partition coefficient (Wildman–Crippen LogP) is 7.13. The number of hydrogen-bond donors (Lipinski definition) is 3. The molecule has 0 fully saturated rings. The molecule has 0 unspecified atom stereocenters. The van der Waals surface area contributed by atoms with Gasteiger partial charge in [-0.15, -0.1) is 0 Å². The summed E-state index contributed by atoms with van der Waals surface area (Å²) in [6.07, 6.45) is 17.4. The lowest BCUT2D eigenvalue weighted by Gasteiger charge is -2.26. The number of ether oxygens (including phenoxy) is 1. The molecule has 1 aliphatic rings. The number of esters is 1. The van der Waals surface area contributed by atoms with Gasteiger partial charge < -0.3 is 15.2 Å². The third-order valence-corrected chi connectivity index (χ3v) is 7.67. The molecule has 0 saturated carbocycles. The summed E-state index contributed by atoms with van der Waals surface area (Å²) in [5, 5.41) is 13.8. The Bertz CT molecular complexity index is 1140.